The molecule has 0 N–H and O–H groups in total. The molecule has 1 aliphatic rings. The first-order valence-corrected chi connectivity index (χ1v) is 7.68. The number of benzene rings is 1. The minimum Gasteiger partial charge on any atom is -0.342 e. The minimum atomic E-state index is 0.218. The van der Waals surface area contributed by atoms with Gasteiger partial charge in [0.1, 0.15) is 0 Å². The van der Waals surface area contributed by atoms with Gasteiger partial charge >= 0.3 is 0 Å². The lowest BCUT2D eigenvalue weighted by molar-refractivity contribution is -0.129. The molecule has 1 saturated heterocycles. The fourth-order valence-corrected chi connectivity index (χ4v) is 3.10. The van der Waals surface area contributed by atoms with Crippen molar-refractivity contribution in [3.8, 4) is 0 Å². The van der Waals surface area contributed by atoms with Gasteiger partial charge in [-0.2, -0.15) is 0 Å². The average Bonchev–Trinajstić information content (AvgIpc) is 2.40. The smallest absolute Gasteiger partial charge is 0.232 e. The lowest BCUT2D eigenvalue weighted by Crippen LogP contribution is -2.44. The number of piperidine rings is 1. The molecular formula is C14H18ClNOS. The summed E-state index contributed by atoms with van der Waals surface area (Å²) in [6, 6.07) is 10.0. The van der Waals surface area contributed by atoms with Crippen LogP contribution in [-0.4, -0.2) is 35.0 Å². The Bertz CT molecular complexity index is 398. The standard InChI is InChI=1S/C14H18ClNOS/c1-11-9-16(8-7-13(11)15)14(17)10-18-12-5-3-2-4-6-12/h2-6,11,13H,7-10H2,1H3. The van der Waals surface area contributed by atoms with E-state index < -0.39 is 0 Å². The number of carbonyl (C=O) groups is 1. The highest BCUT2D eigenvalue weighted by Crippen LogP contribution is 2.23. The van der Waals surface area contributed by atoms with Crippen LogP contribution in [0.5, 0.6) is 0 Å². The third kappa shape index (κ3) is 3.66. The number of hydrogen-bond acceptors (Lipinski definition) is 2. The number of amides is 1. The van der Waals surface area contributed by atoms with Crippen LogP contribution in [0.2, 0.25) is 0 Å². The van der Waals surface area contributed by atoms with E-state index in [4.69, 9.17) is 11.6 Å². The Balaban J connectivity index is 1.82. The summed E-state index contributed by atoms with van der Waals surface area (Å²) in [6.45, 7) is 3.70. The van der Waals surface area contributed by atoms with Crippen molar-refractivity contribution in [2.24, 2.45) is 5.92 Å². The third-order valence-corrected chi connectivity index (χ3v) is 4.90. The summed E-state index contributed by atoms with van der Waals surface area (Å²) < 4.78 is 0. The van der Waals surface area contributed by atoms with E-state index >= 15 is 0 Å². The molecule has 0 spiro atoms. The second-order valence-corrected chi connectivity index (χ2v) is 6.33. The van der Waals surface area contributed by atoms with Crippen molar-refractivity contribution in [3.63, 3.8) is 0 Å². The van der Waals surface area contributed by atoms with Gasteiger partial charge in [-0.3, -0.25) is 4.79 Å². The third-order valence-electron chi connectivity index (χ3n) is 3.26. The Morgan fingerprint density at radius 2 is 2.17 bits per heavy atom. The first kappa shape index (κ1) is 13.8. The molecule has 4 heteroatoms. The lowest BCUT2D eigenvalue weighted by atomic mass is 10.00. The molecule has 1 aromatic rings. The lowest BCUT2D eigenvalue weighted by Gasteiger charge is -2.34. The van der Waals surface area contributed by atoms with E-state index in [1.807, 2.05) is 35.2 Å². The van der Waals surface area contributed by atoms with E-state index in [2.05, 4.69) is 6.92 Å². The predicted octanol–water partition coefficient (Wildman–Crippen LogP) is 3.25. The van der Waals surface area contributed by atoms with Crippen molar-refractivity contribution in [2.45, 2.75) is 23.6 Å². The van der Waals surface area contributed by atoms with E-state index in [0.717, 1.165) is 24.4 Å². The van der Waals surface area contributed by atoms with Crippen LogP contribution in [0.4, 0.5) is 0 Å². The number of rotatable bonds is 3. The largest absolute Gasteiger partial charge is 0.342 e. The number of alkyl halides is 1. The Kier molecular flexibility index (Phi) is 4.95. The van der Waals surface area contributed by atoms with E-state index in [0.29, 0.717) is 11.7 Å². The number of nitrogens with zero attached hydrogens (tertiary/aromatic N) is 1. The van der Waals surface area contributed by atoms with Crippen molar-refractivity contribution < 1.29 is 4.79 Å². The highest BCUT2D eigenvalue weighted by atomic mass is 35.5. The zero-order valence-electron chi connectivity index (χ0n) is 10.5. The SMILES string of the molecule is CC1CN(C(=O)CSc2ccccc2)CCC1Cl. The number of likely N-dealkylation sites (tertiary alicyclic amines) is 1. The molecule has 2 nitrogen and oxygen atoms in total. The first-order valence-electron chi connectivity index (χ1n) is 6.26. The summed E-state index contributed by atoms with van der Waals surface area (Å²) >= 11 is 7.77. The summed E-state index contributed by atoms with van der Waals surface area (Å²) in [5, 5.41) is 0.218. The van der Waals surface area contributed by atoms with E-state index in [1.54, 1.807) is 11.8 Å². The van der Waals surface area contributed by atoms with Crippen LogP contribution in [0.3, 0.4) is 0 Å². The molecule has 1 heterocycles. The van der Waals surface area contributed by atoms with Gasteiger partial charge in [-0.25, -0.2) is 0 Å². The molecule has 2 atom stereocenters. The summed E-state index contributed by atoms with van der Waals surface area (Å²) in [5.74, 6) is 1.13. The molecule has 0 aliphatic carbocycles. The molecule has 1 aliphatic heterocycles. The Morgan fingerprint density at radius 1 is 1.44 bits per heavy atom. The van der Waals surface area contributed by atoms with E-state index in [9.17, 15) is 4.79 Å². The molecule has 0 radical (unpaired) electrons. The van der Waals surface area contributed by atoms with Crippen LogP contribution >= 0.6 is 23.4 Å². The molecule has 2 rings (SSSR count). The molecular weight excluding hydrogens is 266 g/mol. The number of halogens is 1. The second kappa shape index (κ2) is 6.48. The maximum Gasteiger partial charge on any atom is 0.232 e. The minimum absolute atomic E-state index is 0.218. The summed E-state index contributed by atoms with van der Waals surface area (Å²) in [5.41, 5.74) is 0. The molecule has 98 valence electrons. The van der Waals surface area contributed by atoms with Gasteiger partial charge < -0.3 is 4.90 Å². The van der Waals surface area contributed by atoms with Gasteiger partial charge in [-0.05, 0) is 24.5 Å². The van der Waals surface area contributed by atoms with Gasteiger partial charge in [0.05, 0.1) is 5.75 Å². The van der Waals surface area contributed by atoms with Gasteiger partial charge in [-0.15, -0.1) is 23.4 Å². The number of hydrogen-bond donors (Lipinski definition) is 0. The van der Waals surface area contributed by atoms with Crippen molar-refractivity contribution >= 4 is 29.3 Å². The normalized spacial score (nSPS) is 24.0. The van der Waals surface area contributed by atoms with Gasteiger partial charge in [0.15, 0.2) is 0 Å². The molecule has 1 fully saturated rings. The quantitative estimate of drug-likeness (QED) is 0.627. The predicted molar refractivity (Wildman–Crippen MR) is 77.2 cm³/mol. The maximum atomic E-state index is 12.1. The van der Waals surface area contributed by atoms with Crippen LogP contribution in [0.25, 0.3) is 0 Å². The van der Waals surface area contributed by atoms with Gasteiger partial charge in [0.25, 0.3) is 0 Å². The van der Waals surface area contributed by atoms with Gasteiger partial charge in [0.2, 0.25) is 5.91 Å². The monoisotopic (exact) mass is 283 g/mol. The fraction of sp³-hybridized carbons (Fsp3) is 0.500. The van der Waals surface area contributed by atoms with Crippen LogP contribution in [0, 0.1) is 5.92 Å². The van der Waals surface area contributed by atoms with Crippen molar-refractivity contribution in [1.29, 1.82) is 0 Å². The van der Waals surface area contributed by atoms with Crippen LogP contribution in [0.15, 0.2) is 35.2 Å². The highest BCUT2D eigenvalue weighted by Gasteiger charge is 2.26. The first-order chi connectivity index (χ1) is 8.66. The summed E-state index contributed by atoms with van der Waals surface area (Å²) in [4.78, 5) is 15.2. The molecule has 2 unspecified atom stereocenters. The molecule has 1 aromatic carbocycles. The molecule has 0 saturated carbocycles. The highest BCUT2D eigenvalue weighted by molar-refractivity contribution is 8.00. The summed E-state index contributed by atoms with van der Waals surface area (Å²) in [6.07, 6.45) is 0.907. The topological polar surface area (TPSA) is 20.3 Å². The van der Waals surface area contributed by atoms with Crippen molar-refractivity contribution in [1.82, 2.24) is 4.90 Å². The number of thioether (sulfide) groups is 1. The Morgan fingerprint density at radius 3 is 2.83 bits per heavy atom. The Hall–Kier alpha value is -0.670. The van der Waals surface area contributed by atoms with Crippen molar-refractivity contribution in [2.75, 3.05) is 18.8 Å². The second-order valence-electron chi connectivity index (χ2n) is 4.72. The molecule has 18 heavy (non-hydrogen) atoms. The molecule has 0 bridgehead atoms. The molecule has 0 aromatic heterocycles. The fourth-order valence-electron chi connectivity index (χ4n) is 2.10. The molecule has 1 amide bonds. The van der Waals surface area contributed by atoms with E-state index in [1.165, 1.54) is 0 Å². The van der Waals surface area contributed by atoms with Crippen LogP contribution in [-0.2, 0) is 4.79 Å². The van der Waals surface area contributed by atoms with Gasteiger partial charge in [0, 0.05) is 23.4 Å². The number of carbonyl (C=O) groups excluding carboxylic acids is 1. The van der Waals surface area contributed by atoms with E-state index in [-0.39, 0.29) is 11.3 Å². The zero-order valence-corrected chi connectivity index (χ0v) is 12.1. The van der Waals surface area contributed by atoms with Crippen molar-refractivity contribution in [3.05, 3.63) is 30.3 Å². The zero-order chi connectivity index (χ0) is 13.0. The summed E-state index contributed by atoms with van der Waals surface area (Å²) in [7, 11) is 0. The maximum absolute atomic E-state index is 12.1. The Labute approximate surface area is 118 Å². The van der Waals surface area contributed by atoms with Crippen LogP contribution in [0.1, 0.15) is 13.3 Å². The van der Waals surface area contributed by atoms with Crippen LogP contribution < -0.4 is 0 Å². The van der Waals surface area contributed by atoms with Gasteiger partial charge in [-0.1, -0.05) is 25.1 Å². The average molecular weight is 284 g/mol.